The van der Waals surface area contributed by atoms with Gasteiger partial charge in [-0.2, -0.15) is 5.26 Å². The van der Waals surface area contributed by atoms with Crippen molar-refractivity contribution in [3.05, 3.63) is 35.4 Å². The fourth-order valence-corrected chi connectivity index (χ4v) is 7.17. The molecule has 1 aromatic carbocycles. The highest BCUT2D eigenvalue weighted by molar-refractivity contribution is 5.26. The van der Waals surface area contributed by atoms with Gasteiger partial charge in [0.15, 0.2) is 0 Å². The van der Waals surface area contributed by atoms with E-state index in [0.29, 0.717) is 5.92 Å². The van der Waals surface area contributed by atoms with Crippen molar-refractivity contribution < 1.29 is 0 Å². The number of hydrogen-bond donors (Lipinski definition) is 0. The van der Waals surface area contributed by atoms with Crippen molar-refractivity contribution in [3.8, 4) is 6.07 Å². The van der Waals surface area contributed by atoms with Crippen LogP contribution in [0.15, 0.2) is 24.3 Å². The molecule has 1 atom stereocenters. The second-order valence-corrected chi connectivity index (χ2v) is 11.8. The molecule has 2 aliphatic rings. The fraction of sp³-hybridized carbons (Fsp3) is 0.788. The van der Waals surface area contributed by atoms with Gasteiger partial charge in [0.2, 0.25) is 0 Å². The normalized spacial score (nSPS) is 26.1. The Kier molecular flexibility index (Phi) is 12.6. The van der Waals surface area contributed by atoms with Crippen LogP contribution >= 0.6 is 0 Å². The van der Waals surface area contributed by atoms with E-state index in [1.807, 2.05) is 0 Å². The number of rotatable bonds is 14. The van der Waals surface area contributed by atoms with Crippen LogP contribution in [-0.2, 0) is 6.42 Å². The minimum atomic E-state index is 0.665. The quantitative estimate of drug-likeness (QED) is 0.252. The lowest BCUT2D eigenvalue weighted by atomic mass is 9.65. The first-order valence-corrected chi connectivity index (χ1v) is 15.2. The van der Waals surface area contributed by atoms with E-state index in [2.05, 4.69) is 44.2 Å². The third-order valence-corrected chi connectivity index (χ3v) is 9.44. The van der Waals surface area contributed by atoms with Crippen molar-refractivity contribution >= 4 is 0 Å². The second kappa shape index (κ2) is 15.7. The molecule has 3 rings (SSSR count). The summed E-state index contributed by atoms with van der Waals surface area (Å²) in [5.41, 5.74) is 3.09. The second-order valence-electron chi connectivity index (χ2n) is 11.8. The largest absolute Gasteiger partial charge is 0.198 e. The fourth-order valence-electron chi connectivity index (χ4n) is 7.17. The average molecular weight is 464 g/mol. The summed E-state index contributed by atoms with van der Waals surface area (Å²) in [6.45, 7) is 4.61. The van der Waals surface area contributed by atoms with E-state index in [1.54, 1.807) is 5.56 Å². The highest BCUT2D eigenvalue weighted by Crippen LogP contribution is 2.46. The van der Waals surface area contributed by atoms with E-state index in [0.717, 1.165) is 30.1 Å². The Hall–Kier alpha value is -1.29. The summed E-state index contributed by atoms with van der Waals surface area (Å²) >= 11 is 0. The molecule has 0 N–H and O–H groups in total. The van der Waals surface area contributed by atoms with Gasteiger partial charge < -0.3 is 0 Å². The molecule has 190 valence electrons. The minimum Gasteiger partial charge on any atom is -0.198 e. The summed E-state index contributed by atoms with van der Waals surface area (Å²) in [7, 11) is 0. The number of nitriles is 1. The third-order valence-electron chi connectivity index (χ3n) is 9.44. The van der Waals surface area contributed by atoms with Crippen LogP contribution in [0.3, 0.4) is 0 Å². The molecular formula is C33H53N. The van der Waals surface area contributed by atoms with Crippen molar-refractivity contribution in [2.75, 3.05) is 0 Å². The first-order chi connectivity index (χ1) is 16.7. The number of nitrogens with zero attached hydrogens (tertiary/aromatic N) is 1. The van der Waals surface area contributed by atoms with Gasteiger partial charge >= 0.3 is 0 Å². The van der Waals surface area contributed by atoms with E-state index in [-0.39, 0.29) is 0 Å². The molecule has 2 saturated carbocycles. The molecule has 2 aliphatic carbocycles. The van der Waals surface area contributed by atoms with Gasteiger partial charge in [0.25, 0.3) is 0 Å². The van der Waals surface area contributed by atoms with Gasteiger partial charge in [-0.05, 0) is 92.1 Å². The number of benzene rings is 1. The summed E-state index contributed by atoms with van der Waals surface area (Å²) in [6.07, 6.45) is 25.5. The maximum atomic E-state index is 9.59. The van der Waals surface area contributed by atoms with Gasteiger partial charge in [-0.15, -0.1) is 0 Å². The summed E-state index contributed by atoms with van der Waals surface area (Å²) < 4.78 is 0. The Morgan fingerprint density at radius 3 is 1.94 bits per heavy atom. The molecule has 1 heteroatoms. The highest BCUT2D eigenvalue weighted by Gasteiger charge is 2.34. The molecule has 1 nitrogen and oxygen atoms in total. The maximum absolute atomic E-state index is 9.59. The van der Waals surface area contributed by atoms with Crippen LogP contribution in [0.25, 0.3) is 0 Å². The molecule has 0 aromatic heterocycles. The predicted molar refractivity (Wildman–Crippen MR) is 147 cm³/mol. The van der Waals surface area contributed by atoms with E-state index in [1.165, 1.54) is 121 Å². The van der Waals surface area contributed by atoms with Crippen LogP contribution in [0.5, 0.6) is 0 Å². The maximum Gasteiger partial charge on any atom is 0.0624 e. The van der Waals surface area contributed by atoms with Crippen LogP contribution < -0.4 is 0 Å². The molecule has 0 spiro atoms. The topological polar surface area (TPSA) is 23.8 Å². The molecule has 0 radical (unpaired) electrons. The van der Waals surface area contributed by atoms with Crippen molar-refractivity contribution in [3.63, 3.8) is 0 Å². The summed E-state index contributed by atoms with van der Waals surface area (Å²) in [5.74, 6) is 3.99. The van der Waals surface area contributed by atoms with Crippen molar-refractivity contribution in [1.29, 1.82) is 5.26 Å². The Balaban J connectivity index is 1.42. The SMILES string of the molecule is CCCCCCCCc1ccc(C2CCC(C(CC#N)C3CCC(CCCC)CC3)CC2)cc1. The Bertz CT molecular complexity index is 682. The highest BCUT2D eigenvalue weighted by atomic mass is 14.4. The molecule has 1 aromatic rings. The Morgan fingerprint density at radius 2 is 1.32 bits per heavy atom. The molecule has 0 heterocycles. The molecule has 0 amide bonds. The van der Waals surface area contributed by atoms with Gasteiger partial charge in [-0.25, -0.2) is 0 Å². The zero-order valence-electron chi connectivity index (χ0n) is 22.6. The van der Waals surface area contributed by atoms with Crippen LogP contribution in [0.4, 0.5) is 0 Å². The van der Waals surface area contributed by atoms with Crippen molar-refractivity contribution in [2.45, 2.75) is 142 Å². The smallest absolute Gasteiger partial charge is 0.0624 e. The van der Waals surface area contributed by atoms with Crippen molar-refractivity contribution in [2.24, 2.45) is 23.7 Å². The van der Waals surface area contributed by atoms with Crippen LogP contribution in [0, 0.1) is 35.0 Å². The standard InChI is InChI=1S/C33H53N/c1-3-5-7-8-9-10-12-28-13-17-29(18-14-28)30-21-23-32(24-22-30)33(25-26-34)31-19-15-27(16-20-31)11-6-4-2/h13-14,17-18,27,30-33H,3-12,15-16,19-25H2,1-2H3. The van der Waals surface area contributed by atoms with Crippen LogP contribution in [0.1, 0.15) is 146 Å². The zero-order valence-corrected chi connectivity index (χ0v) is 22.6. The molecule has 0 aliphatic heterocycles. The summed E-state index contributed by atoms with van der Waals surface area (Å²) in [4.78, 5) is 0. The van der Waals surface area contributed by atoms with E-state index in [4.69, 9.17) is 0 Å². The molecule has 34 heavy (non-hydrogen) atoms. The lowest BCUT2D eigenvalue weighted by Gasteiger charge is -2.40. The first-order valence-electron chi connectivity index (χ1n) is 15.2. The lowest BCUT2D eigenvalue weighted by molar-refractivity contribution is 0.121. The van der Waals surface area contributed by atoms with E-state index < -0.39 is 0 Å². The minimum absolute atomic E-state index is 0.665. The molecule has 0 bridgehead atoms. The Morgan fingerprint density at radius 1 is 0.735 bits per heavy atom. The molecule has 0 saturated heterocycles. The predicted octanol–water partition coefficient (Wildman–Crippen LogP) is 10.4. The number of unbranched alkanes of at least 4 members (excludes halogenated alkanes) is 6. The van der Waals surface area contributed by atoms with E-state index >= 15 is 0 Å². The molecule has 2 fully saturated rings. The first kappa shape index (κ1) is 27.3. The zero-order chi connectivity index (χ0) is 24.0. The van der Waals surface area contributed by atoms with Crippen LogP contribution in [0.2, 0.25) is 0 Å². The van der Waals surface area contributed by atoms with Gasteiger partial charge in [0.05, 0.1) is 6.07 Å². The van der Waals surface area contributed by atoms with E-state index in [9.17, 15) is 5.26 Å². The van der Waals surface area contributed by atoms with Crippen molar-refractivity contribution in [1.82, 2.24) is 0 Å². The average Bonchev–Trinajstić information content (AvgIpc) is 2.89. The molecule has 1 unspecified atom stereocenters. The van der Waals surface area contributed by atoms with Gasteiger partial charge in [0, 0.05) is 6.42 Å². The summed E-state index contributed by atoms with van der Waals surface area (Å²) in [6, 6.07) is 12.3. The monoisotopic (exact) mass is 463 g/mol. The van der Waals surface area contributed by atoms with Crippen LogP contribution in [-0.4, -0.2) is 0 Å². The molecular weight excluding hydrogens is 410 g/mol. The van der Waals surface area contributed by atoms with Gasteiger partial charge in [0.1, 0.15) is 0 Å². The number of hydrogen-bond acceptors (Lipinski definition) is 1. The Labute approximate surface area is 212 Å². The van der Waals surface area contributed by atoms with Gasteiger partial charge in [-0.1, -0.05) is 102 Å². The lowest BCUT2D eigenvalue weighted by Crippen LogP contribution is -2.30. The van der Waals surface area contributed by atoms with Gasteiger partial charge in [-0.3, -0.25) is 0 Å². The third kappa shape index (κ3) is 8.73. The number of aryl methyl sites for hydroxylation is 1. The summed E-state index contributed by atoms with van der Waals surface area (Å²) in [5, 5.41) is 9.59.